The molecule has 0 radical (unpaired) electrons. The van der Waals surface area contributed by atoms with Crippen molar-refractivity contribution in [2.24, 2.45) is 5.41 Å². The van der Waals surface area contributed by atoms with E-state index in [1.165, 1.54) is 4.90 Å². The molecule has 86 valence electrons. The highest BCUT2D eigenvalue weighted by Crippen LogP contribution is 2.42. The lowest BCUT2D eigenvalue weighted by atomic mass is 9.64. The molecule has 1 amide bonds. The van der Waals surface area contributed by atoms with E-state index in [4.69, 9.17) is 0 Å². The number of hydrogen-bond acceptors (Lipinski definition) is 2. The van der Waals surface area contributed by atoms with Gasteiger partial charge in [-0.25, -0.2) is 4.79 Å². The minimum Gasteiger partial charge on any atom is -0.465 e. The van der Waals surface area contributed by atoms with Crippen LogP contribution in [-0.4, -0.2) is 33.5 Å². The Kier molecular flexibility index (Phi) is 2.58. The molecule has 1 unspecified atom stereocenters. The molecule has 0 heterocycles. The fourth-order valence-corrected chi connectivity index (χ4v) is 2.05. The van der Waals surface area contributed by atoms with Crippen LogP contribution in [-0.2, 0) is 4.79 Å². The number of carbonyl (C=O) groups excluding carboxylic acids is 1. The van der Waals surface area contributed by atoms with E-state index < -0.39 is 17.0 Å². The lowest BCUT2D eigenvalue weighted by Gasteiger charge is -2.52. The molecule has 4 heteroatoms. The molecule has 15 heavy (non-hydrogen) atoms. The Labute approximate surface area is 90.3 Å². The highest BCUT2D eigenvalue weighted by atomic mass is 16.4. The summed E-state index contributed by atoms with van der Waals surface area (Å²) in [5.74, 6) is 0.142. The van der Waals surface area contributed by atoms with Gasteiger partial charge in [-0.15, -0.1) is 0 Å². The molecule has 1 atom stereocenters. The normalized spacial score (nSPS) is 24.6. The van der Waals surface area contributed by atoms with Gasteiger partial charge in [0.05, 0.1) is 6.04 Å². The van der Waals surface area contributed by atoms with Crippen molar-refractivity contribution in [1.29, 1.82) is 0 Å². The number of amides is 1. The molecule has 4 nitrogen and oxygen atoms in total. The summed E-state index contributed by atoms with van der Waals surface area (Å²) in [6.07, 6.45) is -0.607. The van der Waals surface area contributed by atoms with E-state index in [9.17, 15) is 14.7 Å². The van der Waals surface area contributed by atoms with Crippen LogP contribution >= 0.6 is 0 Å². The topological polar surface area (TPSA) is 57.6 Å². The van der Waals surface area contributed by atoms with E-state index in [0.717, 1.165) is 0 Å². The van der Waals surface area contributed by atoms with Crippen LogP contribution < -0.4 is 0 Å². The number of carboxylic acid groups (broad SMARTS) is 1. The summed E-state index contributed by atoms with van der Waals surface area (Å²) in [6, 6.07) is -0.192. The first-order chi connectivity index (χ1) is 6.58. The van der Waals surface area contributed by atoms with Crippen molar-refractivity contribution < 1.29 is 14.7 Å². The van der Waals surface area contributed by atoms with Gasteiger partial charge < -0.3 is 5.11 Å². The van der Waals surface area contributed by atoms with Gasteiger partial charge in [-0.2, -0.15) is 0 Å². The second-order valence-corrected chi connectivity index (χ2v) is 5.69. The van der Waals surface area contributed by atoms with Crippen LogP contribution in [0.25, 0.3) is 0 Å². The molecule has 1 fully saturated rings. The fourth-order valence-electron chi connectivity index (χ4n) is 2.05. The van der Waals surface area contributed by atoms with Gasteiger partial charge in [0, 0.05) is 17.4 Å². The second kappa shape index (κ2) is 3.22. The Balaban J connectivity index is 2.95. The van der Waals surface area contributed by atoms with Crippen molar-refractivity contribution in [2.45, 2.75) is 52.6 Å². The first-order valence-corrected chi connectivity index (χ1v) is 5.14. The molecule has 1 aliphatic rings. The third kappa shape index (κ3) is 1.85. The van der Waals surface area contributed by atoms with Gasteiger partial charge in [0.1, 0.15) is 5.78 Å². The predicted octanol–water partition coefficient (Wildman–Crippen LogP) is 2.13. The molecule has 1 rings (SSSR count). The van der Waals surface area contributed by atoms with Crippen molar-refractivity contribution in [2.75, 3.05) is 0 Å². The maximum absolute atomic E-state index is 11.4. The monoisotopic (exact) mass is 213 g/mol. The quantitative estimate of drug-likeness (QED) is 0.726. The van der Waals surface area contributed by atoms with E-state index >= 15 is 0 Å². The van der Waals surface area contributed by atoms with Crippen molar-refractivity contribution in [1.82, 2.24) is 4.90 Å². The summed E-state index contributed by atoms with van der Waals surface area (Å²) < 4.78 is 0. The summed E-state index contributed by atoms with van der Waals surface area (Å²) in [5.41, 5.74) is -1.000. The van der Waals surface area contributed by atoms with Crippen LogP contribution in [0.2, 0.25) is 0 Å². The van der Waals surface area contributed by atoms with E-state index in [1.54, 1.807) is 0 Å². The van der Waals surface area contributed by atoms with Crippen molar-refractivity contribution >= 4 is 11.9 Å². The summed E-state index contributed by atoms with van der Waals surface area (Å²) in [5, 5.41) is 9.18. The molecular weight excluding hydrogens is 194 g/mol. The minimum absolute atomic E-state index is 0.142. The Bertz CT molecular complexity index is 301. The molecule has 0 bridgehead atoms. The highest BCUT2D eigenvalue weighted by Gasteiger charge is 2.53. The highest BCUT2D eigenvalue weighted by molar-refractivity contribution is 5.93. The largest absolute Gasteiger partial charge is 0.465 e. The minimum atomic E-state index is -0.951. The fraction of sp³-hybridized carbons (Fsp3) is 0.818. The number of hydrogen-bond donors (Lipinski definition) is 1. The molecule has 1 N–H and O–H groups in total. The maximum atomic E-state index is 11.4. The average molecular weight is 213 g/mol. The Hall–Kier alpha value is -1.06. The average Bonchev–Trinajstić information content (AvgIpc) is 2.00. The molecule has 0 aliphatic heterocycles. The molecule has 0 spiro atoms. The Morgan fingerprint density at radius 1 is 1.47 bits per heavy atom. The van der Waals surface area contributed by atoms with Crippen LogP contribution in [0.15, 0.2) is 0 Å². The van der Waals surface area contributed by atoms with Gasteiger partial charge in [-0.1, -0.05) is 13.8 Å². The third-order valence-electron chi connectivity index (χ3n) is 3.17. The zero-order valence-corrected chi connectivity index (χ0v) is 10.00. The van der Waals surface area contributed by atoms with Crippen LogP contribution in [0.4, 0.5) is 4.79 Å². The lowest BCUT2D eigenvalue weighted by Crippen LogP contribution is -2.64. The molecule has 0 saturated heterocycles. The van der Waals surface area contributed by atoms with Crippen LogP contribution in [0.5, 0.6) is 0 Å². The van der Waals surface area contributed by atoms with Crippen LogP contribution in [0, 0.1) is 5.41 Å². The molecule has 0 aromatic rings. The standard InChI is InChI=1S/C11H19NO3/c1-10(2,3)12(9(14)15)7-6-8(13)11(7,4)5/h7H,6H2,1-5H3,(H,14,15). The Morgan fingerprint density at radius 3 is 2.13 bits per heavy atom. The van der Waals surface area contributed by atoms with Gasteiger partial charge >= 0.3 is 6.09 Å². The first kappa shape index (κ1) is 12.0. The first-order valence-electron chi connectivity index (χ1n) is 5.14. The summed E-state index contributed by atoms with van der Waals surface area (Å²) >= 11 is 0. The van der Waals surface area contributed by atoms with Crippen LogP contribution in [0.1, 0.15) is 41.0 Å². The van der Waals surface area contributed by atoms with Crippen LogP contribution in [0.3, 0.4) is 0 Å². The molecule has 1 aliphatic carbocycles. The van der Waals surface area contributed by atoms with Gasteiger partial charge in [-0.3, -0.25) is 9.69 Å². The number of ketones is 1. The van der Waals surface area contributed by atoms with E-state index in [0.29, 0.717) is 6.42 Å². The molecule has 0 aromatic heterocycles. The van der Waals surface area contributed by atoms with Gasteiger partial charge in [0.15, 0.2) is 0 Å². The van der Waals surface area contributed by atoms with E-state index in [2.05, 4.69) is 0 Å². The Morgan fingerprint density at radius 2 is 1.93 bits per heavy atom. The van der Waals surface area contributed by atoms with Gasteiger partial charge in [-0.05, 0) is 20.8 Å². The molecule has 1 saturated carbocycles. The maximum Gasteiger partial charge on any atom is 0.408 e. The SMILES string of the molecule is CC1(C)C(=O)CC1N(C(=O)O)C(C)(C)C. The van der Waals surface area contributed by atoms with E-state index in [-0.39, 0.29) is 11.8 Å². The smallest absolute Gasteiger partial charge is 0.408 e. The summed E-state index contributed by atoms with van der Waals surface area (Å²) in [4.78, 5) is 24.0. The van der Waals surface area contributed by atoms with Gasteiger partial charge in [0.2, 0.25) is 0 Å². The zero-order valence-electron chi connectivity index (χ0n) is 10.00. The molecular formula is C11H19NO3. The van der Waals surface area contributed by atoms with Crippen molar-refractivity contribution in [3.8, 4) is 0 Å². The van der Waals surface area contributed by atoms with Crippen molar-refractivity contribution in [3.05, 3.63) is 0 Å². The number of nitrogens with zero attached hydrogens (tertiary/aromatic N) is 1. The second-order valence-electron chi connectivity index (χ2n) is 5.69. The van der Waals surface area contributed by atoms with Crippen molar-refractivity contribution in [3.63, 3.8) is 0 Å². The third-order valence-corrected chi connectivity index (χ3v) is 3.17. The van der Waals surface area contributed by atoms with Gasteiger partial charge in [0.25, 0.3) is 0 Å². The number of Topliss-reactive ketones (excluding diaryl/α,β-unsaturated/α-hetero) is 1. The van der Waals surface area contributed by atoms with E-state index in [1.807, 2.05) is 34.6 Å². The summed E-state index contributed by atoms with van der Waals surface area (Å²) in [7, 11) is 0. The lowest BCUT2D eigenvalue weighted by molar-refractivity contribution is -0.146. The summed E-state index contributed by atoms with van der Waals surface area (Å²) in [6.45, 7) is 9.16. The number of carbonyl (C=O) groups is 2. The zero-order chi connectivity index (χ0) is 12.0. The molecule has 0 aromatic carbocycles. The predicted molar refractivity (Wildman–Crippen MR) is 56.8 cm³/mol. The number of rotatable bonds is 1.